The minimum Gasteiger partial charge on any atom is -0.480 e. The fourth-order valence-electron chi connectivity index (χ4n) is 1.81. The molecule has 0 heterocycles. The molecule has 0 aliphatic rings. The largest absolute Gasteiger partial charge is 0.480 e. The van der Waals surface area contributed by atoms with Gasteiger partial charge >= 0.3 is 12.0 Å². The van der Waals surface area contributed by atoms with Crippen LogP contribution in [0.1, 0.15) is 13.3 Å². The Morgan fingerprint density at radius 2 is 2.10 bits per heavy atom. The van der Waals surface area contributed by atoms with Gasteiger partial charge in [-0.1, -0.05) is 12.1 Å². The Balaban J connectivity index is 2.83. The van der Waals surface area contributed by atoms with E-state index < -0.39 is 23.9 Å². The molecule has 1 unspecified atom stereocenters. The van der Waals surface area contributed by atoms with Crippen LogP contribution in [0.4, 0.5) is 14.9 Å². The molecule has 116 valence electrons. The molecule has 1 aromatic carbocycles. The van der Waals surface area contributed by atoms with Crippen LogP contribution in [-0.2, 0) is 9.53 Å². The van der Waals surface area contributed by atoms with E-state index in [2.05, 4.69) is 5.32 Å². The number of amides is 2. The zero-order valence-corrected chi connectivity index (χ0v) is 12.0. The summed E-state index contributed by atoms with van der Waals surface area (Å²) in [5.41, 5.74) is 0.105. The van der Waals surface area contributed by atoms with Gasteiger partial charge in [0.05, 0.1) is 5.69 Å². The molecule has 1 atom stereocenters. The minimum absolute atomic E-state index is 0.105. The van der Waals surface area contributed by atoms with E-state index in [0.717, 1.165) is 4.90 Å². The quantitative estimate of drug-likeness (QED) is 0.805. The maximum absolute atomic E-state index is 13.7. The lowest BCUT2D eigenvalue weighted by Gasteiger charge is -2.24. The van der Waals surface area contributed by atoms with Gasteiger partial charge in [-0.2, -0.15) is 0 Å². The summed E-state index contributed by atoms with van der Waals surface area (Å²) in [6.45, 7) is 2.09. The van der Waals surface area contributed by atoms with Gasteiger partial charge < -0.3 is 15.2 Å². The Labute approximate surface area is 122 Å². The number of benzene rings is 1. The molecule has 7 heteroatoms. The van der Waals surface area contributed by atoms with E-state index in [9.17, 15) is 14.0 Å². The molecule has 0 spiro atoms. The molecule has 0 aliphatic carbocycles. The zero-order valence-electron chi connectivity index (χ0n) is 12.0. The van der Waals surface area contributed by atoms with Crippen molar-refractivity contribution >= 4 is 17.7 Å². The number of para-hydroxylation sites is 1. The lowest BCUT2D eigenvalue weighted by atomic mass is 10.2. The fraction of sp³-hybridized carbons (Fsp3) is 0.429. The first-order valence-corrected chi connectivity index (χ1v) is 6.55. The van der Waals surface area contributed by atoms with Gasteiger partial charge in [0.25, 0.3) is 0 Å². The third kappa shape index (κ3) is 4.71. The van der Waals surface area contributed by atoms with Gasteiger partial charge in [0, 0.05) is 26.7 Å². The summed E-state index contributed by atoms with van der Waals surface area (Å²) in [7, 11) is 1.44. The van der Waals surface area contributed by atoms with Crippen LogP contribution in [0.3, 0.4) is 0 Å². The number of carboxylic acids is 1. The Morgan fingerprint density at radius 1 is 1.43 bits per heavy atom. The SMILES string of the molecule is CCN(C(=O)NC(CCOC)C(=O)O)c1ccccc1F. The van der Waals surface area contributed by atoms with Crippen LogP contribution in [0.2, 0.25) is 0 Å². The summed E-state index contributed by atoms with van der Waals surface area (Å²) in [5, 5.41) is 11.4. The van der Waals surface area contributed by atoms with Crippen molar-refractivity contribution < 1.29 is 23.8 Å². The summed E-state index contributed by atoms with van der Waals surface area (Å²) in [4.78, 5) is 24.4. The molecule has 1 rings (SSSR count). The molecule has 1 aromatic rings. The highest BCUT2D eigenvalue weighted by Gasteiger charge is 2.24. The van der Waals surface area contributed by atoms with Gasteiger partial charge in [0.1, 0.15) is 11.9 Å². The second kappa shape index (κ2) is 8.21. The third-order valence-corrected chi connectivity index (χ3v) is 2.91. The maximum Gasteiger partial charge on any atom is 0.326 e. The number of aliphatic carboxylic acids is 1. The number of nitrogens with one attached hydrogen (secondary N) is 1. The van der Waals surface area contributed by atoms with Crippen molar-refractivity contribution in [1.29, 1.82) is 0 Å². The number of anilines is 1. The number of hydrogen-bond acceptors (Lipinski definition) is 3. The molecular weight excluding hydrogens is 279 g/mol. The van der Waals surface area contributed by atoms with Gasteiger partial charge in [-0.05, 0) is 19.1 Å². The van der Waals surface area contributed by atoms with Gasteiger partial charge in [0.2, 0.25) is 0 Å². The summed E-state index contributed by atoms with van der Waals surface area (Å²) in [5.74, 6) is -1.71. The predicted octanol–water partition coefficient (Wildman–Crippen LogP) is 1.85. The molecule has 6 nitrogen and oxygen atoms in total. The Morgan fingerprint density at radius 3 is 2.62 bits per heavy atom. The van der Waals surface area contributed by atoms with Crippen LogP contribution in [0.5, 0.6) is 0 Å². The molecule has 21 heavy (non-hydrogen) atoms. The first kappa shape index (κ1) is 16.9. The van der Waals surface area contributed by atoms with E-state index in [1.807, 2.05) is 0 Å². The lowest BCUT2D eigenvalue weighted by molar-refractivity contribution is -0.139. The van der Waals surface area contributed by atoms with Gasteiger partial charge in [0.15, 0.2) is 0 Å². The average Bonchev–Trinajstić information content (AvgIpc) is 2.45. The smallest absolute Gasteiger partial charge is 0.326 e. The number of urea groups is 1. The zero-order chi connectivity index (χ0) is 15.8. The van der Waals surface area contributed by atoms with E-state index in [1.54, 1.807) is 13.0 Å². The molecule has 2 amide bonds. The Kier molecular flexibility index (Phi) is 6.61. The number of ether oxygens (including phenoxy) is 1. The molecule has 0 bridgehead atoms. The Bertz CT molecular complexity index is 496. The summed E-state index contributed by atoms with van der Waals surface area (Å²) in [6.07, 6.45) is 0.131. The predicted molar refractivity (Wildman–Crippen MR) is 75.9 cm³/mol. The molecule has 0 radical (unpaired) electrons. The summed E-state index contributed by atoms with van der Waals surface area (Å²) in [6, 6.07) is 4.08. The van der Waals surface area contributed by atoms with Crippen LogP contribution in [0, 0.1) is 5.82 Å². The first-order valence-electron chi connectivity index (χ1n) is 6.55. The van der Waals surface area contributed by atoms with Crippen molar-refractivity contribution in [3.8, 4) is 0 Å². The minimum atomic E-state index is -1.16. The van der Waals surface area contributed by atoms with Crippen molar-refractivity contribution in [3.05, 3.63) is 30.1 Å². The number of carboxylic acid groups (broad SMARTS) is 1. The summed E-state index contributed by atoms with van der Waals surface area (Å²) < 4.78 is 18.5. The van der Waals surface area contributed by atoms with Crippen molar-refractivity contribution in [2.45, 2.75) is 19.4 Å². The number of methoxy groups -OCH3 is 1. The van der Waals surface area contributed by atoms with E-state index >= 15 is 0 Å². The molecule has 0 saturated carbocycles. The number of hydrogen-bond donors (Lipinski definition) is 2. The first-order chi connectivity index (χ1) is 10.0. The molecule has 0 fully saturated rings. The fourth-order valence-corrected chi connectivity index (χ4v) is 1.81. The van der Waals surface area contributed by atoms with Gasteiger partial charge in [-0.3, -0.25) is 4.90 Å². The van der Waals surface area contributed by atoms with Crippen LogP contribution in [0.15, 0.2) is 24.3 Å². The van der Waals surface area contributed by atoms with E-state index in [1.165, 1.54) is 25.3 Å². The highest BCUT2D eigenvalue weighted by atomic mass is 19.1. The van der Waals surface area contributed by atoms with Crippen LogP contribution in [-0.4, -0.2) is 43.4 Å². The molecule has 2 N–H and O–H groups in total. The van der Waals surface area contributed by atoms with Crippen LogP contribution >= 0.6 is 0 Å². The van der Waals surface area contributed by atoms with Crippen LogP contribution < -0.4 is 10.2 Å². The number of carbonyl (C=O) groups excluding carboxylic acids is 1. The lowest BCUT2D eigenvalue weighted by Crippen LogP contribution is -2.48. The second-order valence-electron chi connectivity index (χ2n) is 4.32. The van der Waals surface area contributed by atoms with Crippen molar-refractivity contribution in [2.75, 3.05) is 25.2 Å². The van der Waals surface area contributed by atoms with E-state index in [4.69, 9.17) is 9.84 Å². The van der Waals surface area contributed by atoms with Crippen molar-refractivity contribution in [2.24, 2.45) is 0 Å². The van der Waals surface area contributed by atoms with Gasteiger partial charge in [-0.15, -0.1) is 0 Å². The molecule has 0 saturated heterocycles. The van der Waals surface area contributed by atoms with Gasteiger partial charge in [-0.25, -0.2) is 14.0 Å². The maximum atomic E-state index is 13.7. The highest BCUT2D eigenvalue weighted by Crippen LogP contribution is 2.18. The topological polar surface area (TPSA) is 78.9 Å². The van der Waals surface area contributed by atoms with E-state index in [-0.39, 0.29) is 25.3 Å². The molecule has 0 aliphatic heterocycles. The second-order valence-corrected chi connectivity index (χ2v) is 4.32. The van der Waals surface area contributed by atoms with E-state index in [0.29, 0.717) is 0 Å². The summed E-state index contributed by atoms with van der Waals surface area (Å²) >= 11 is 0. The number of nitrogens with zero attached hydrogens (tertiary/aromatic N) is 1. The normalized spacial score (nSPS) is 11.8. The standard InChI is InChI=1S/C14H19FN2O4/c1-3-17(12-7-5-4-6-10(12)15)14(20)16-11(13(18)19)8-9-21-2/h4-7,11H,3,8-9H2,1-2H3,(H,16,20)(H,18,19). The third-order valence-electron chi connectivity index (χ3n) is 2.91. The number of carbonyl (C=O) groups is 2. The molecule has 0 aromatic heterocycles. The van der Waals surface area contributed by atoms with Crippen molar-refractivity contribution in [3.63, 3.8) is 0 Å². The molecular formula is C14H19FN2O4. The van der Waals surface area contributed by atoms with Crippen molar-refractivity contribution in [1.82, 2.24) is 5.32 Å². The number of rotatable bonds is 7. The highest BCUT2D eigenvalue weighted by molar-refractivity contribution is 5.94. The Hall–Kier alpha value is -2.15. The number of halogens is 1. The average molecular weight is 298 g/mol. The monoisotopic (exact) mass is 298 g/mol. The van der Waals surface area contributed by atoms with Crippen LogP contribution in [0.25, 0.3) is 0 Å².